The lowest BCUT2D eigenvalue weighted by molar-refractivity contribution is 0.0944. The summed E-state index contributed by atoms with van der Waals surface area (Å²) in [4.78, 5) is 23.6. The summed E-state index contributed by atoms with van der Waals surface area (Å²) in [5, 5.41) is 2.11. The molecule has 1 aromatic carbocycles. The van der Waals surface area contributed by atoms with Crippen molar-refractivity contribution in [1.29, 1.82) is 0 Å². The minimum atomic E-state index is -0.206. The van der Waals surface area contributed by atoms with E-state index in [2.05, 4.69) is 27.2 Å². The van der Waals surface area contributed by atoms with Gasteiger partial charge in [0, 0.05) is 12.1 Å². The number of nitrogens with two attached hydrogens (primary N) is 2. The van der Waals surface area contributed by atoms with Crippen LogP contribution in [-0.4, -0.2) is 46.5 Å². The lowest BCUT2D eigenvalue weighted by atomic mass is 10.1. The monoisotopic (exact) mass is 445 g/mol. The van der Waals surface area contributed by atoms with E-state index in [0.29, 0.717) is 22.9 Å². The molecule has 3 rings (SSSR count). The fraction of sp³-hybridized carbons (Fsp3) is 0.500. The number of benzene rings is 1. The van der Waals surface area contributed by atoms with Crippen LogP contribution in [-0.2, 0) is 6.54 Å². The number of halogens is 1. The van der Waals surface area contributed by atoms with E-state index >= 15 is 0 Å². The normalized spacial score (nSPS) is 14.2. The average Bonchev–Trinajstić information content (AvgIpc) is 3.31. The average molecular weight is 446 g/mol. The second-order valence-electron chi connectivity index (χ2n) is 7.86. The lowest BCUT2D eigenvalue weighted by Gasteiger charge is -2.30. The van der Waals surface area contributed by atoms with Gasteiger partial charge in [0.2, 0.25) is 5.95 Å². The van der Waals surface area contributed by atoms with Crippen LogP contribution in [0.25, 0.3) is 0 Å². The standard InChI is InChI=1S/C22H32ClN7O/c1-2-29(13-5-12-24)15-16-8-10-17(11-9-16)21(31)28-30(18-6-3-4-7-18)20-19(23)14-26-22(25)27-20/h8-11,14,18H,2-7,12-13,15,24H2,1H3,(H,28,31)(H2,25,26,27). The number of anilines is 2. The molecule has 5 N–H and O–H groups in total. The van der Waals surface area contributed by atoms with Crippen molar-refractivity contribution in [2.75, 3.05) is 30.4 Å². The summed E-state index contributed by atoms with van der Waals surface area (Å²) in [6.07, 6.45) is 6.54. The van der Waals surface area contributed by atoms with Gasteiger partial charge in [-0.1, -0.05) is 43.5 Å². The molecule has 1 amide bonds. The van der Waals surface area contributed by atoms with Crippen molar-refractivity contribution in [1.82, 2.24) is 20.3 Å². The molecule has 1 fully saturated rings. The van der Waals surface area contributed by atoms with Crippen LogP contribution in [0, 0.1) is 0 Å². The van der Waals surface area contributed by atoms with E-state index in [1.54, 1.807) is 5.01 Å². The number of hydrogen-bond donors (Lipinski definition) is 3. The molecule has 2 aromatic rings. The van der Waals surface area contributed by atoms with Crippen molar-refractivity contribution in [3.8, 4) is 0 Å². The molecule has 0 bridgehead atoms. The highest BCUT2D eigenvalue weighted by molar-refractivity contribution is 6.32. The maximum Gasteiger partial charge on any atom is 0.269 e. The SMILES string of the molecule is CCN(CCCN)Cc1ccc(C(=O)NN(c2nc(N)ncc2Cl)C2CCCC2)cc1. The van der Waals surface area contributed by atoms with Gasteiger partial charge in [-0.15, -0.1) is 0 Å². The highest BCUT2D eigenvalue weighted by atomic mass is 35.5. The Labute approximate surface area is 188 Å². The lowest BCUT2D eigenvalue weighted by Crippen LogP contribution is -2.48. The first-order valence-corrected chi connectivity index (χ1v) is 11.3. The Morgan fingerprint density at radius 1 is 1.26 bits per heavy atom. The smallest absolute Gasteiger partial charge is 0.269 e. The van der Waals surface area contributed by atoms with E-state index in [0.717, 1.165) is 57.3 Å². The Hall–Kier alpha value is -2.42. The van der Waals surface area contributed by atoms with Gasteiger partial charge in [-0.3, -0.25) is 20.1 Å². The third-order valence-corrected chi connectivity index (χ3v) is 5.90. The van der Waals surface area contributed by atoms with Gasteiger partial charge in [0.15, 0.2) is 5.82 Å². The zero-order chi connectivity index (χ0) is 22.2. The van der Waals surface area contributed by atoms with E-state index in [1.807, 2.05) is 24.3 Å². The molecule has 1 aliphatic rings. The van der Waals surface area contributed by atoms with Gasteiger partial charge in [0.1, 0.15) is 5.02 Å². The molecular weight excluding hydrogens is 414 g/mol. The summed E-state index contributed by atoms with van der Waals surface area (Å²) in [7, 11) is 0. The molecule has 1 aromatic heterocycles. The minimum absolute atomic E-state index is 0.121. The molecule has 1 saturated carbocycles. The first kappa shape index (κ1) is 23.2. The molecule has 0 radical (unpaired) electrons. The zero-order valence-corrected chi connectivity index (χ0v) is 18.8. The van der Waals surface area contributed by atoms with Crippen LogP contribution < -0.4 is 21.9 Å². The van der Waals surface area contributed by atoms with Crippen LogP contribution in [0.4, 0.5) is 11.8 Å². The second kappa shape index (κ2) is 11.3. The topological polar surface area (TPSA) is 113 Å². The van der Waals surface area contributed by atoms with Gasteiger partial charge in [-0.25, -0.2) is 4.98 Å². The molecule has 0 unspecified atom stereocenters. The Kier molecular flexibility index (Phi) is 8.45. The number of carbonyl (C=O) groups excluding carboxylic acids is 1. The molecule has 168 valence electrons. The highest BCUT2D eigenvalue weighted by Crippen LogP contribution is 2.30. The number of hydrogen-bond acceptors (Lipinski definition) is 7. The molecule has 0 aliphatic heterocycles. The number of nitrogens with zero attached hydrogens (tertiary/aromatic N) is 4. The number of rotatable bonds is 10. The molecule has 8 nitrogen and oxygen atoms in total. The summed E-state index contributed by atoms with van der Waals surface area (Å²) < 4.78 is 0. The Morgan fingerprint density at radius 2 is 1.97 bits per heavy atom. The Balaban J connectivity index is 1.72. The summed E-state index contributed by atoms with van der Waals surface area (Å²) in [6, 6.07) is 7.82. The first-order valence-electron chi connectivity index (χ1n) is 10.9. The quantitative estimate of drug-likeness (QED) is 0.481. The third kappa shape index (κ3) is 6.29. The summed E-state index contributed by atoms with van der Waals surface area (Å²) in [5.74, 6) is 0.350. The van der Waals surface area contributed by atoms with E-state index in [9.17, 15) is 4.79 Å². The van der Waals surface area contributed by atoms with E-state index in [4.69, 9.17) is 23.1 Å². The molecule has 1 heterocycles. The molecule has 0 atom stereocenters. The van der Waals surface area contributed by atoms with Crippen LogP contribution in [0.1, 0.15) is 54.9 Å². The number of aromatic nitrogens is 2. The van der Waals surface area contributed by atoms with Crippen LogP contribution in [0.3, 0.4) is 0 Å². The highest BCUT2D eigenvalue weighted by Gasteiger charge is 2.28. The van der Waals surface area contributed by atoms with E-state index in [-0.39, 0.29) is 17.9 Å². The molecule has 1 aliphatic carbocycles. The number of hydrazine groups is 1. The summed E-state index contributed by atoms with van der Waals surface area (Å²) in [5.41, 5.74) is 16.1. The fourth-order valence-corrected chi connectivity index (χ4v) is 4.06. The maximum absolute atomic E-state index is 13.0. The van der Waals surface area contributed by atoms with Gasteiger partial charge in [0.05, 0.1) is 12.2 Å². The van der Waals surface area contributed by atoms with Gasteiger partial charge in [-0.2, -0.15) is 4.98 Å². The van der Waals surface area contributed by atoms with Gasteiger partial charge in [-0.05, 0) is 56.6 Å². The molecular formula is C22H32ClN7O. The first-order chi connectivity index (χ1) is 15.0. The molecule has 9 heteroatoms. The number of nitrogen functional groups attached to an aromatic ring is 1. The third-order valence-electron chi connectivity index (χ3n) is 5.63. The number of carbonyl (C=O) groups is 1. The number of nitrogens with one attached hydrogen (secondary N) is 1. The van der Waals surface area contributed by atoms with Crippen molar-refractivity contribution in [3.63, 3.8) is 0 Å². The van der Waals surface area contributed by atoms with Crippen LogP contribution in [0.15, 0.2) is 30.5 Å². The van der Waals surface area contributed by atoms with E-state index in [1.165, 1.54) is 6.20 Å². The number of amides is 1. The Bertz CT molecular complexity index is 855. The largest absolute Gasteiger partial charge is 0.368 e. The maximum atomic E-state index is 13.0. The minimum Gasteiger partial charge on any atom is -0.368 e. The van der Waals surface area contributed by atoms with Crippen LogP contribution in [0.2, 0.25) is 5.02 Å². The van der Waals surface area contributed by atoms with E-state index < -0.39 is 0 Å². The van der Waals surface area contributed by atoms with Crippen molar-refractivity contribution in [2.24, 2.45) is 5.73 Å². The van der Waals surface area contributed by atoms with Crippen molar-refractivity contribution >= 4 is 29.3 Å². The van der Waals surface area contributed by atoms with Crippen LogP contribution >= 0.6 is 11.6 Å². The van der Waals surface area contributed by atoms with Gasteiger partial charge >= 0.3 is 0 Å². The Morgan fingerprint density at radius 3 is 2.61 bits per heavy atom. The van der Waals surface area contributed by atoms with Gasteiger partial charge < -0.3 is 11.5 Å². The molecule has 0 saturated heterocycles. The van der Waals surface area contributed by atoms with Crippen LogP contribution in [0.5, 0.6) is 0 Å². The zero-order valence-electron chi connectivity index (χ0n) is 18.1. The fourth-order valence-electron chi connectivity index (χ4n) is 3.88. The van der Waals surface area contributed by atoms with Gasteiger partial charge in [0.25, 0.3) is 5.91 Å². The predicted molar refractivity (Wildman–Crippen MR) is 125 cm³/mol. The van der Waals surface area contributed by atoms with Crippen molar-refractivity contribution < 1.29 is 4.79 Å². The van der Waals surface area contributed by atoms with Crippen molar-refractivity contribution in [2.45, 2.75) is 51.6 Å². The van der Waals surface area contributed by atoms with Crippen molar-refractivity contribution in [3.05, 3.63) is 46.6 Å². The second-order valence-corrected chi connectivity index (χ2v) is 8.26. The molecule has 0 spiro atoms. The predicted octanol–water partition coefficient (Wildman–Crippen LogP) is 2.98. The summed E-state index contributed by atoms with van der Waals surface area (Å²) >= 11 is 6.33. The molecule has 31 heavy (non-hydrogen) atoms. The summed E-state index contributed by atoms with van der Waals surface area (Å²) in [6.45, 7) is 5.59.